The first kappa shape index (κ1) is 16.5. The van der Waals surface area contributed by atoms with Gasteiger partial charge in [-0.25, -0.2) is 0 Å². The van der Waals surface area contributed by atoms with Crippen LogP contribution in [0.3, 0.4) is 0 Å². The lowest BCUT2D eigenvalue weighted by Crippen LogP contribution is -2.34. The van der Waals surface area contributed by atoms with Gasteiger partial charge < -0.3 is 19.4 Å². The number of furan rings is 1. The van der Waals surface area contributed by atoms with Gasteiger partial charge in [-0.05, 0) is 50.9 Å². The average Bonchev–Trinajstić information content (AvgIpc) is 2.78. The van der Waals surface area contributed by atoms with Crippen molar-refractivity contribution in [2.75, 3.05) is 26.7 Å². The van der Waals surface area contributed by atoms with Gasteiger partial charge in [0.15, 0.2) is 0 Å². The number of nitrogens with zero attached hydrogens (tertiary/aromatic N) is 1. The van der Waals surface area contributed by atoms with Crippen molar-refractivity contribution in [3.05, 3.63) is 23.2 Å². The van der Waals surface area contributed by atoms with E-state index in [-0.39, 0.29) is 0 Å². The van der Waals surface area contributed by atoms with E-state index in [1.54, 1.807) is 0 Å². The van der Waals surface area contributed by atoms with Gasteiger partial charge in [0.25, 0.3) is 0 Å². The predicted octanol–water partition coefficient (Wildman–Crippen LogP) is 2.94. The zero-order valence-electron chi connectivity index (χ0n) is 13.9. The molecule has 0 radical (unpaired) electrons. The van der Waals surface area contributed by atoms with E-state index in [1.807, 2.05) is 0 Å². The molecule has 0 aromatic carbocycles. The van der Waals surface area contributed by atoms with E-state index in [0.717, 1.165) is 50.5 Å². The number of piperidine rings is 1. The van der Waals surface area contributed by atoms with Gasteiger partial charge in [0.1, 0.15) is 18.1 Å². The molecular formula is C17H30N2O2. The molecule has 0 atom stereocenters. The molecule has 0 bridgehead atoms. The summed E-state index contributed by atoms with van der Waals surface area (Å²) in [5.41, 5.74) is 1.22. The summed E-state index contributed by atoms with van der Waals surface area (Å²) in [5, 5.41) is 3.43. The summed E-state index contributed by atoms with van der Waals surface area (Å²) in [6.45, 7) is 11.2. The molecule has 4 nitrogen and oxygen atoms in total. The SMILES string of the molecule is Cc1cc(COC2CCN(C)CC2)oc1CNCC(C)C. The Morgan fingerprint density at radius 2 is 2.10 bits per heavy atom. The van der Waals surface area contributed by atoms with Gasteiger partial charge in [-0.1, -0.05) is 13.8 Å². The second-order valence-corrected chi connectivity index (χ2v) is 6.66. The highest BCUT2D eigenvalue weighted by atomic mass is 16.5. The quantitative estimate of drug-likeness (QED) is 0.839. The molecular weight excluding hydrogens is 264 g/mol. The van der Waals surface area contributed by atoms with Gasteiger partial charge in [0.05, 0.1) is 12.6 Å². The van der Waals surface area contributed by atoms with E-state index in [4.69, 9.17) is 9.15 Å². The first-order chi connectivity index (χ1) is 10.0. The van der Waals surface area contributed by atoms with Crippen LogP contribution in [0.2, 0.25) is 0 Å². The van der Waals surface area contributed by atoms with Crippen LogP contribution in [0, 0.1) is 12.8 Å². The maximum Gasteiger partial charge on any atom is 0.130 e. The molecule has 1 aliphatic heterocycles. The van der Waals surface area contributed by atoms with Crippen molar-refractivity contribution < 1.29 is 9.15 Å². The Morgan fingerprint density at radius 3 is 2.76 bits per heavy atom. The van der Waals surface area contributed by atoms with Crippen molar-refractivity contribution in [2.24, 2.45) is 5.92 Å². The third-order valence-corrected chi connectivity index (χ3v) is 4.04. The monoisotopic (exact) mass is 294 g/mol. The fraction of sp³-hybridized carbons (Fsp3) is 0.765. The van der Waals surface area contributed by atoms with Crippen LogP contribution >= 0.6 is 0 Å². The van der Waals surface area contributed by atoms with Crippen molar-refractivity contribution in [1.82, 2.24) is 10.2 Å². The molecule has 0 spiro atoms. The van der Waals surface area contributed by atoms with Crippen molar-refractivity contribution in [3.63, 3.8) is 0 Å². The second kappa shape index (κ2) is 7.97. The minimum atomic E-state index is 0.383. The fourth-order valence-electron chi connectivity index (χ4n) is 2.66. The summed E-state index contributed by atoms with van der Waals surface area (Å²) < 4.78 is 11.9. The molecule has 0 unspecified atom stereocenters. The number of rotatable bonds is 7. The maximum atomic E-state index is 5.99. The molecule has 2 rings (SSSR count). The Labute approximate surface area is 128 Å². The van der Waals surface area contributed by atoms with Crippen LogP contribution in [0.15, 0.2) is 10.5 Å². The zero-order valence-corrected chi connectivity index (χ0v) is 13.9. The first-order valence-electron chi connectivity index (χ1n) is 8.13. The summed E-state index contributed by atoms with van der Waals surface area (Å²) in [6, 6.07) is 2.11. The van der Waals surface area contributed by atoms with E-state index in [2.05, 4.69) is 44.1 Å². The Hall–Kier alpha value is -0.840. The van der Waals surface area contributed by atoms with Gasteiger partial charge in [0, 0.05) is 13.1 Å². The maximum absolute atomic E-state index is 5.99. The largest absolute Gasteiger partial charge is 0.462 e. The van der Waals surface area contributed by atoms with Crippen molar-refractivity contribution >= 4 is 0 Å². The van der Waals surface area contributed by atoms with E-state index >= 15 is 0 Å². The Balaban J connectivity index is 1.76. The molecule has 1 fully saturated rings. The third kappa shape index (κ3) is 5.46. The molecule has 21 heavy (non-hydrogen) atoms. The predicted molar refractivity (Wildman–Crippen MR) is 85.3 cm³/mol. The number of ether oxygens (including phenoxy) is 1. The number of hydrogen-bond donors (Lipinski definition) is 1. The Morgan fingerprint density at radius 1 is 1.38 bits per heavy atom. The summed E-state index contributed by atoms with van der Waals surface area (Å²) in [5.74, 6) is 2.65. The van der Waals surface area contributed by atoms with Crippen LogP contribution in [0.5, 0.6) is 0 Å². The number of likely N-dealkylation sites (tertiary alicyclic amines) is 1. The van der Waals surface area contributed by atoms with E-state index in [0.29, 0.717) is 18.6 Å². The highest BCUT2D eigenvalue weighted by Crippen LogP contribution is 2.18. The number of nitrogens with one attached hydrogen (secondary N) is 1. The third-order valence-electron chi connectivity index (χ3n) is 4.04. The van der Waals surface area contributed by atoms with Crippen LogP contribution in [0.1, 0.15) is 43.8 Å². The summed E-state index contributed by atoms with van der Waals surface area (Å²) in [6.07, 6.45) is 2.63. The second-order valence-electron chi connectivity index (χ2n) is 6.66. The molecule has 1 aliphatic rings. The standard InChI is InChI=1S/C17H30N2O2/c1-13(2)10-18-11-17-14(3)9-16(21-17)12-20-15-5-7-19(4)8-6-15/h9,13,15,18H,5-8,10-12H2,1-4H3. The summed E-state index contributed by atoms with van der Waals surface area (Å²) in [4.78, 5) is 2.36. The molecule has 0 saturated carbocycles. The smallest absolute Gasteiger partial charge is 0.130 e. The Kier molecular flexibility index (Phi) is 6.27. The molecule has 0 amide bonds. The van der Waals surface area contributed by atoms with Crippen molar-refractivity contribution in [2.45, 2.75) is 52.9 Å². The lowest BCUT2D eigenvalue weighted by atomic mass is 10.1. The lowest BCUT2D eigenvalue weighted by Gasteiger charge is -2.28. The molecule has 1 aromatic heterocycles. The van der Waals surface area contributed by atoms with Gasteiger partial charge >= 0.3 is 0 Å². The van der Waals surface area contributed by atoms with E-state index < -0.39 is 0 Å². The number of hydrogen-bond acceptors (Lipinski definition) is 4. The summed E-state index contributed by atoms with van der Waals surface area (Å²) in [7, 11) is 2.17. The molecule has 120 valence electrons. The normalized spacial score (nSPS) is 17.8. The fourth-order valence-corrected chi connectivity index (χ4v) is 2.66. The van der Waals surface area contributed by atoms with Crippen molar-refractivity contribution in [1.29, 1.82) is 0 Å². The average molecular weight is 294 g/mol. The molecule has 1 N–H and O–H groups in total. The topological polar surface area (TPSA) is 37.6 Å². The van der Waals surface area contributed by atoms with Gasteiger partial charge in [-0.3, -0.25) is 0 Å². The van der Waals surface area contributed by atoms with Gasteiger partial charge in [-0.2, -0.15) is 0 Å². The summed E-state index contributed by atoms with van der Waals surface area (Å²) >= 11 is 0. The minimum absolute atomic E-state index is 0.383. The van der Waals surface area contributed by atoms with E-state index in [1.165, 1.54) is 5.56 Å². The van der Waals surface area contributed by atoms with Crippen molar-refractivity contribution in [3.8, 4) is 0 Å². The lowest BCUT2D eigenvalue weighted by molar-refractivity contribution is -0.00512. The zero-order chi connectivity index (χ0) is 15.2. The molecule has 1 aromatic rings. The first-order valence-corrected chi connectivity index (χ1v) is 8.13. The van der Waals surface area contributed by atoms with Crippen LogP contribution < -0.4 is 5.32 Å². The Bertz CT molecular complexity index is 420. The highest BCUT2D eigenvalue weighted by molar-refractivity contribution is 5.19. The van der Waals surface area contributed by atoms with Crippen LogP contribution in [-0.4, -0.2) is 37.7 Å². The molecule has 0 aliphatic carbocycles. The number of aryl methyl sites for hydroxylation is 1. The minimum Gasteiger partial charge on any atom is -0.462 e. The molecule has 4 heteroatoms. The van der Waals surface area contributed by atoms with Gasteiger partial charge in [-0.15, -0.1) is 0 Å². The van der Waals surface area contributed by atoms with E-state index in [9.17, 15) is 0 Å². The highest BCUT2D eigenvalue weighted by Gasteiger charge is 2.18. The van der Waals surface area contributed by atoms with Crippen LogP contribution in [0.4, 0.5) is 0 Å². The van der Waals surface area contributed by atoms with Gasteiger partial charge in [0.2, 0.25) is 0 Å². The molecule has 2 heterocycles. The molecule has 1 saturated heterocycles. The van der Waals surface area contributed by atoms with Crippen LogP contribution in [0.25, 0.3) is 0 Å². The van der Waals surface area contributed by atoms with Crippen LogP contribution in [-0.2, 0) is 17.9 Å².